The van der Waals surface area contributed by atoms with Gasteiger partial charge in [0.15, 0.2) is 5.69 Å². The number of morpholine rings is 1. The number of aromatic nitrogens is 2. The molecule has 1 aromatic carbocycles. The zero-order valence-corrected chi connectivity index (χ0v) is 19.6. The first-order valence-electron chi connectivity index (χ1n) is 11.2. The van der Waals surface area contributed by atoms with Crippen LogP contribution in [0, 0.1) is 6.92 Å². The van der Waals surface area contributed by atoms with Crippen LogP contribution in [0.15, 0.2) is 23.1 Å². The van der Waals surface area contributed by atoms with E-state index in [4.69, 9.17) is 21.4 Å². The minimum Gasteiger partial charge on any atom is -0.378 e. The molecule has 31 heavy (non-hydrogen) atoms. The number of thioether (sulfide) groups is 1. The van der Waals surface area contributed by atoms with Crippen molar-refractivity contribution >= 4 is 29.3 Å². The van der Waals surface area contributed by atoms with Crippen LogP contribution in [0.5, 0.6) is 0 Å². The van der Waals surface area contributed by atoms with Crippen molar-refractivity contribution in [2.45, 2.75) is 36.5 Å². The molecule has 2 fully saturated rings. The first kappa shape index (κ1) is 21.3. The Morgan fingerprint density at radius 1 is 1.29 bits per heavy atom. The Morgan fingerprint density at radius 2 is 2.13 bits per heavy atom. The Hall–Kier alpha value is -1.54. The fourth-order valence-corrected chi connectivity index (χ4v) is 6.39. The van der Waals surface area contributed by atoms with Crippen molar-refractivity contribution in [1.82, 2.24) is 19.6 Å². The zero-order valence-electron chi connectivity index (χ0n) is 18.0. The molecular weight excluding hydrogens is 432 g/mol. The molecule has 0 radical (unpaired) electrons. The first-order valence-corrected chi connectivity index (χ1v) is 12.7. The van der Waals surface area contributed by atoms with Crippen molar-refractivity contribution < 1.29 is 9.53 Å². The van der Waals surface area contributed by atoms with Crippen molar-refractivity contribution in [2.24, 2.45) is 0 Å². The quantitative estimate of drug-likeness (QED) is 0.649. The molecule has 4 heterocycles. The monoisotopic (exact) mass is 460 g/mol. The molecule has 1 unspecified atom stereocenters. The van der Waals surface area contributed by atoms with Crippen molar-refractivity contribution in [3.05, 3.63) is 35.0 Å². The number of halogens is 1. The summed E-state index contributed by atoms with van der Waals surface area (Å²) in [6.07, 6.45) is 2.20. The molecule has 0 aliphatic carbocycles. The first-order chi connectivity index (χ1) is 15.2. The summed E-state index contributed by atoms with van der Waals surface area (Å²) in [6.45, 7) is 7.54. The van der Waals surface area contributed by atoms with Crippen molar-refractivity contribution in [3.63, 3.8) is 0 Å². The standard InChI is InChI=1S/C23H29ClN4O2S/c1-16-4-2-6-18-21-19(15-31-22(16)18)20(23(29)27-10-12-30-13-11-27)25-28(21)17-5-3-8-26(14-17)9-7-24/h2,4,6,17H,3,5,7-15H2,1H3. The summed E-state index contributed by atoms with van der Waals surface area (Å²) in [4.78, 5) is 19.1. The molecule has 0 spiro atoms. The molecule has 2 aromatic rings. The van der Waals surface area contributed by atoms with Gasteiger partial charge in [-0.2, -0.15) is 5.10 Å². The highest BCUT2D eigenvalue weighted by Crippen LogP contribution is 2.46. The minimum absolute atomic E-state index is 0.0448. The maximum absolute atomic E-state index is 13.5. The number of hydrogen-bond donors (Lipinski definition) is 0. The summed E-state index contributed by atoms with van der Waals surface area (Å²) >= 11 is 7.86. The lowest BCUT2D eigenvalue weighted by Gasteiger charge is -2.33. The number of benzene rings is 1. The van der Waals surface area contributed by atoms with Gasteiger partial charge in [0.2, 0.25) is 0 Å². The van der Waals surface area contributed by atoms with Crippen LogP contribution in [0.4, 0.5) is 0 Å². The van der Waals surface area contributed by atoms with Gasteiger partial charge >= 0.3 is 0 Å². The summed E-state index contributed by atoms with van der Waals surface area (Å²) in [6, 6.07) is 6.73. The highest BCUT2D eigenvalue weighted by molar-refractivity contribution is 7.98. The number of fused-ring (bicyclic) bond motifs is 3. The summed E-state index contributed by atoms with van der Waals surface area (Å²) in [5.41, 5.74) is 5.37. The van der Waals surface area contributed by atoms with Crippen LogP contribution >= 0.6 is 23.4 Å². The molecule has 8 heteroatoms. The van der Waals surface area contributed by atoms with Crippen LogP contribution in [0.1, 0.15) is 40.5 Å². The van der Waals surface area contributed by atoms with E-state index in [9.17, 15) is 4.79 Å². The predicted molar refractivity (Wildman–Crippen MR) is 124 cm³/mol. The minimum atomic E-state index is 0.0448. The van der Waals surface area contributed by atoms with E-state index in [0.29, 0.717) is 37.9 Å². The van der Waals surface area contributed by atoms with E-state index in [1.165, 1.54) is 16.0 Å². The third-order valence-corrected chi connectivity index (χ3v) is 8.00. The lowest BCUT2D eigenvalue weighted by molar-refractivity contribution is 0.0297. The molecule has 1 atom stereocenters. The highest BCUT2D eigenvalue weighted by atomic mass is 35.5. The molecule has 166 valence electrons. The average molecular weight is 461 g/mol. The Kier molecular flexibility index (Phi) is 6.28. The van der Waals surface area contributed by atoms with Crippen LogP contribution in [-0.2, 0) is 10.5 Å². The van der Waals surface area contributed by atoms with Crippen LogP contribution in [-0.4, -0.2) is 77.3 Å². The number of rotatable bonds is 4. The number of alkyl halides is 1. The second-order valence-corrected chi connectivity index (χ2v) is 9.91. The maximum Gasteiger partial charge on any atom is 0.274 e. The van der Waals surface area contributed by atoms with E-state index in [-0.39, 0.29) is 11.9 Å². The molecule has 2 saturated heterocycles. The molecule has 3 aliphatic rings. The molecule has 1 aromatic heterocycles. The van der Waals surface area contributed by atoms with E-state index >= 15 is 0 Å². The van der Waals surface area contributed by atoms with Crippen molar-refractivity contribution in [1.29, 1.82) is 0 Å². The summed E-state index contributed by atoms with van der Waals surface area (Å²) < 4.78 is 7.64. The number of amides is 1. The van der Waals surface area contributed by atoms with E-state index < -0.39 is 0 Å². The van der Waals surface area contributed by atoms with Gasteiger partial charge in [0.1, 0.15) is 0 Å². The van der Waals surface area contributed by atoms with Crippen molar-refractivity contribution in [2.75, 3.05) is 51.8 Å². The Morgan fingerprint density at radius 3 is 2.94 bits per heavy atom. The number of aryl methyl sites for hydroxylation is 1. The number of carbonyl (C=O) groups is 1. The third kappa shape index (κ3) is 4.01. The van der Waals surface area contributed by atoms with Gasteiger partial charge in [-0.25, -0.2) is 0 Å². The number of carbonyl (C=O) groups excluding carboxylic acids is 1. The van der Waals surface area contributed by atoms with Gasteiger partial charge in [-0.05, 0) is 31.9 Å². The zero-order chi connectivity index (χ0) is 21.4. The molecule has 0 saturated carbocycles. The van der Waals surface area contributed by atoms with E-state index in [2.05, 4.69) is 34.7 Å². The number of piperidine rings is 1. The fraction of sp³-hybridized carbons (Fsp3) is 0.565. The molecule has 0 bridgehead atoms. The summed E-state index contributed by atoms with van der Waals surface area (Å²) in [5.74, 6) is 1.48. The van der Waals surface area contributed by atoms with Crippen LogP contribution < -0.4 is 0 Å². The van der Waals surface area contributed by atoms with Gasteiger partial charge in [0.05, 0.1) is 24.9 Å². The van der Waals surface area contributed by atoms with Crippen molar-refractivity contribution in [3.8, 4) is 11.3 Å². The molecule has 1 amide bonds. The van der Waals surface area contributed by atoms with Gasteiger partial charge < -0.3 is 14.5 Å². The fourth-order valence-electron chi connectivity index (χ4n) is 4.97. The lowest BCUT2D eigenvalue weighted by atomic mass is 10.0. The Bertz CT molecular complexity index is 971. The molecule has 5 rings (SSSR count). The van der Waals surface area contributed by atoms with Gasteiger partial charge in [0, 0.05) is 53.8 Å². The highest BCUT2D eigenvalue weighted by Gasteiger charge is 2.34. The van der Waals surface area contributed by atoms with Gasteiger partial charge in [-0.3, -0.25) is 9.48 Å². The summed E-state index contributed by atoms with van der Waals surface area (Å²) in [5, 5.41) is 5.03. The molecule has 3 aliphatic heterocycles. The number of likely N-dealkylation sites (tertiary alicyclic amines) is 1. The van der Waals surface area contributed by atoms with Gasteiger partial charge in [-0.15, -0.1) is 23.4 Å². The molecule has 6 nitrogen and oxygen atoms in total. The normalized spacial score (nSPS) is 21.6. The number of nitrogens with zero attached hydrogens (tertiary/aromatic N) is 4. The molecular formula is C23H29ClN4O2S. The van der Waals surface area contributed by atoms with Crippen LogP contribution in [0.2, 0.25) is 0 Å². The second kappa shape index (κ2) is 9.14. The van der Waals surface area contributed by atoms with E-state index in [1.54, 1.807) is 0 Å². The topological polar surface area (TPSA) is 50.6 Å². The Balaban J connectivity index is 1.59. The van der Waals surface area contributed by atoms with E-state index in [1.807, 2.05) is 16.7 Å². The third-order valence-electron chi connectivity index (χ3n) is 6.56. The summed E-state index contributed by atoms with van der Waals surface area (Å²) in [7, 11) is 0. The largest absolute Gasteiger partial charge is 0.378 e. The SMILES string of the molecule is Cc1cccc2c1SCc1c(C(=O)N3CCOCC3)nn(C3CCCN(CCCl)C3)c1-2. The number of ether oxygens (including phenoxy) is 1. The average Bonchev–Trinajstić information content (AvgIpc) is 3.20. The van der Waals surface area contributed by atoms with Crippen LogP contribution in [0.25, 0.3) is 11.3 Å². The van der Waals surface area contributed by atoms with Gasteiger partial charge in [0.25, 0.3) is 5.91 Å². The molecule has 0 N–H and O–H groups in total. The second-order valence-electron chi connectivity index (χ2n) is 8.55. The Labute approximate surface area is 192 Å². The van der Waals surface area contributed by atoms with Gasteiger partial charge in [-0.1, -0.05) is 18.2 Å². The number of hydrogen-bond acceptors (Lipinski definition) is 5. The van der Waals surface area contributed by atoms with Crippen LogP contribution in [0.3, 0.4) is 0 Å². The maximum atomic E-state index is 13.5. The van der Waals surface area contributed by atoms with E-state index in [0.717, 1.165) is 49.5 Å². The predicted octanol–water partition coefficient (Wildman–Crippen LogP) is 3.81. The lowest BCUT2D eigenvalue weighted by Crippen LogP contribution is -2.41. The smallest absolute Gasteiger partial charge is 0.274 e.